The van der Waals surface area contributed by atoms with Crippen molar-refractivity contribution in [3.63, 3.8) is 0 Å². The SMILES string of the molecule is CC1(C)c2ccccc2-c2c(N(c3cccc(-c4ccccc4)c3)c3ccccc3-c3ccc4c(c3)-n3c5ccccc5c5cccc(c53)C43c4ccccc4-c4ccccc43)cccc21. The molecular weight excluding hydrogens is 797 g/mol. The molecule has 66 heavy (non-hydrogen) atoms. The van der Waals surface area contributed by atoms with Gasteiger partial charge in [-0.15, -0.1) is 0 Å². The van der Waals surface area contributed by atoms with Gasteiger partial charge in [-0.3, -0.25) is 0 Å². The zero-order valence-corrected chi connectivity index (χ0v) is 36.8. The highest BCUT2D eigenvalue weighted by molar-refractivity contribution is 6.13. The molecule has 0 saturated carbocycles. The average molecular weight is 841 g/mol. The van der Waals surface area contributed by atoms with Crippen LogP contribution in [0.1, 0.15) is 47.2 Å². The minimum atomic E-state index is -0.501. The Bertz CT molecular complexity index is 3760. The van der Waals surface area contributed by atoms with Crippen LogP contribution >= 0.6 is 0 Å². The van der Waals surface area contributed by atoms with Gasteiger partial charge in [0.05, 0.1) is 33.5 Å². The quantitative estimate of drug-likeness (QED) is 0.168. The van der Waals surface area contributed by atoms with E-state index < -0.39 is 5.41 Å². The first kappa shape index (κ1) is 37.2. The Kier molecular flexibility index (Phi) is 7.70. The molecule has 10 aromatic carbocycles. The molecule has 0 saturated heterocycles. The van der Waals surface area contributed by atoms with Gasteiger partial charge in [0, 0.05) is 33.0 Å². The minimum absolute atomic E-state index is 0.147. The van der Waals surface area contributed by atoms with Crippen molar-refractivity contribution in [1.29, 1.82) is 0 Å². The number of hydrogen-bond donors (Lipinski definition) is 0. The first-order valence-corrected chi connectivity index (χ1v) is 23.2. The fourth-order valence-corrected chi connectivity index (χ4v) is 12.4. The minimum Gasteiger partial charge on any atom is -0.309 e. The van der Waals surface area contributed by atoms with Crippen LogP contribution in [-0.2, 0) is 10.8 Å². The predicted molar refractivity (Wildman–Crippen MR) is 275 cm³/mol. The summed E-state index contributed by atoms with van der Waals surface area (Å²) in [4.78, 5) is 2.53. The highest BCUT2D eigenvalue weighted by Gasteiger charge is 2.51. The van der Waals surface area contributed by atoms with Crippen LogP contribution in [0.3, 0.4) is 0 Å². The molecule has 2 heterocycles. The summed E-state index contributed by atoms with van der Waals surface area (Å²) in [6.45, 7) is 4.74. The summed E-state index contributed by atoms with van der Waals surface area (Å²) in [5, 5.41) is 2.56. The van der Waals surface area contributed by atoms with E-state index in [1.807, 2.05) is 0 Å². The lowest BCUT2D eigenvalue weighted by Crippen LogP contribution is -2.33. The Morgan fingerprint density at radius 2 is 0.939 bits per heavy atom. The third kappa shape index (κ3) is 4.85. The molecular formula is C64H44N2. The largest absolute Gasteiger partial charge is 0.309 e. The molecule has 1 spiro atoms. The maximum absolute atomic E-state index is 2.57. The zero-order chi connectivity index (χ0) is 43.7. The molecule has 0 bridgehead atoms. The van der Waals surface area contributed by atoms with Crippen LogP contribution in [-0.4, -0.2) is 4.57 Å². The van der Waals surface area contributed by atoms with Crippen molar-refractivity contribution in [2.45, 2.75) is 24.7 Å². The zero-order valence-electron chi connectivity index (χ0n) is 36.8. The Labute approximate surface area is 385 Å². The Hall–Kier alpha value is -8.20. The fraction of sp³-hybridized carbons (Fsp3) is 0.0625. The first-order valence-electron chi connectivity index (χ1n) is 23.2. The van der Waals surface area contributed by atoms with Gasteiger partial charge in [-0.05, 0) is 103 Å². The normalized spacial score (nSPS) is 14.2. The highest BCUT2D eigenvalue weighted by Crippen LogP contribution is 2.62. The lowest BCUT2D eigenvalue weighted by Gasteiger charge is -2.40. The van der Waals surface area contributed by atoms with Gasteiger partial charge in [-0.25, -0.2) is 0 Å². The second-order valence-electron chi connectivity index (χ2n) is 18.8. The molecule has 310 valence electrons. The van der Waals surface area contributed by atoms with Gasteiger partial charge in [0.2, 0.25) is 0 Å². The van der Waals surface area contributed by atoms with E-state index in [0.29, 0.717) is 0 Å². The second-order valence-corrected chi connectivity index (χ2v) is 18.8. The molecule has 0 amide bonds. The molecule has 0 radical (unpaired) electrons. The van der Waals surface area contributed by atoms with Crippen molar-refractivity contribution < 1.29 is 0 Å². The topological polar surface area (TPSA) is 8.17 Å². The summed E-state index contributed by atoms with van der Waals surface area (Å²) >= 11 is 0. The van der Waals surface area contributed by atoms with E-state index in [1.165, 1.54) is 111 Å². The first-order chi connectivity index (χ1) is 32.5. The van der Waals surface area contributed by atoms with Gasteiger partial charge in [0.15, 0.2) is 0 Å². The Balaban J connectivity index is 1.06. The highest BCUT2D eigenvalue weighted by atomic mass is 15.1. The number of anilines is 3. The number of fused-ring (bicyclic) bond motifs is 15. The van der Waals surface area contributed by atoms with E-state index >= 15 is 0 Å². The van der Waals surface area contributed by atoms with Crippen molar-refractivity contribution in [2.75, 3.05) is 4.90 Å². The van der Waals surface area contributed by atoms with E-state index in [2.05, 4.69) is 254 Å². The van der Waals surface area contributed by atoms with Crippen LogP contribution in [0.5, 0.6) is 0 Å². The van der Waals surface area contributed by atoms with Crippen LogP contribution in [0.4, 0.5) is 17.1 Å². The predicted octanol–water partition coefficient (Wildman–Crippen LogP) is 16.6. The molecule has 2 heteroatoms. The van der Waals surface area contributed by atoms with E-state index in [9.17, 15) is 0 Å². The fourth-order valence-electron chi connectivity index (χ4n) is 12.4. The van der Waals surface area contributed by atoms with Gasteiger partial charge in [0.25, 0.3) is 0 Å². The van der Waals surface area contributed by atoms with Gasteiger partial charge >= 0.3 is 0 Å². The van der Waals surface area contributed by atoms with Crippen LogP contribution < -0.4 is 4.90 Å². The Morgan fingerprint density at radius 3 is 1.74 bits per heavy atom. The molecule has 3 aliphatic rings. The summed E-state index contributed by atoms with van der Waals surface area (Å²) in [5.74, 6) is 0. The van der Waals surface area contributed by atoms with Crippen molar-refractivity contribution in [1.82, 2.24) is 4.57 Å². The number of aromatic nitrogens is 1. The van der Waals surface area contributed by atoms with E-state index in [1.54, 1.807) is 0 Å². The lowest BCUT2D eigenvalue weighted by atomic mass is 9.65. The van der Waals surface area contributed by atoms with Gasteiger partial charge in [-0.1, -0.05) is 208 Å². The van der Waals surface area contributed by atoms with E-state index in [-0.39, 0.29) is 5.41 Å². The van der Waals surface area contributed by atoms with Gasteiger partial charge < -0.3 is 9.47 Å². The smallest absolute Gasteiger partial charge is 0.0754 e. The number of benzene rings is 10. The maximum atomic E-state index is 2.57. The van der Waals surface area contributed by atoms with Gasteiger partial charge in [0.1, 0.15) is 0 Å². The third-order valence-electron chi connectivity index (χ3n) is 15.2. The second kappa shape index (κ2) is 13.7. The van der Waals surface area contributed by atoms with Crippen molar-refractivity contribution in [2.24, 2.45) is 0 Å². The summed E-state index contributed by atoms with van der Waals surface area (Å²) < 4.78 is 2.57. The van der Waals surface area contributed by atoms with Crippen molar-refractivity contribution >= 4 is 38.9 Å². The molecule has 0 atom stereocenters. The van der Waals surface area contributed by atoms with Crippen LogP contribution in [0, 0.1) is 0 Å². The number of rotatable bonds is 5. The molecule has 0 fully saturated rings. The van der Waals surface area contributed by atoms with Crippen LogP contribution in [0.15, 0.2) is 231 Å². The molecule has 1 aliphatic heterocycles. The Morgan fingerprint density at radius 1 is 0.364 bits per heavy atom. The van der Waals surface area contributed by atoms with Crippen molar-refractivity contribution in [3.8, 4) is 50.2 Å². The lowest BCUT2D eigenvalue weighted by molar-refractivity contribution is 0.660. The number of hydrogen-bond acceptors (Lipinski definition) is 1. The van der Waals surface area contributed by atoms with E-state index in [4.69, 9.17) is 0 Å². The molecule has 0 unspecified atom stereocenters. The third-order valence-corrected chi connectivity index (χ3v) is 15.2. The number of nitrogens with zero attached hydrogens (tertiary/aromatic N) is 2. The molecule has 14 rings (SSSR count). The molecule has 2 nitrogen and oxygen atoms in total. The maximum Gasteiger partial charge on any atom is 0.0754 e. The summed E-state index contributed by atoms with van der Waals surface area (Å²) in [7, 11) is 0. The summed E-state index contributed by atoms with van der Waals surface area (Å²) in [6.07, 6.45) is 0. The molecule has 0 N–H and O–H groups in total. The summed E-state index contributed by atoms with van der Waals surface area (Å²) in [5.41, 5.74) is 24.4. The molecule has 11 aromatic rings. The standard InChI is InChI=1S/C64H44N2/c1-63(2)51-29-11-8-27-50(51)61-55(63)32-18-36-59(61)65(44-22-16-21-42(39-44)41-19-4-3-5-20-41)57-34-14-9-23-45(57)43-37-38-54-60(40-43)66-58-35-15-10-26-48(58)49-28-17-33-56(62(49)66)64(54)52-30-12-6-24-46(52)47-25-7-13-31-53(47)64/h3-40H,1-2H3. The van der Waals surface area contributed by atoms with Crippen LogP contribution in [0.2, 0.25) is 0 Å². The van der Waals surface area contributed by atoms with E-state index in [0.717, 1.165) is 11.4 Å². The van der Waals surface area contributed by atoms with Crippen LogP contribution in [0.25, 0.3) is 72.0 Å². The summed E-state index contributed by atoms with van der Waals surface area (Å²) in [6, 6.07) is 86.3. The molecule has 2 aliphatic carbocycles. The van der Waals surface area contributed by atoms with Crippen molar-refractivity contribution in [3.05, 3.63) is 264 Å². The molecule has 1 aromatic heterocycles. The van der Waals surface area contributed by atoms with Gasteiger partial charge in [-0.2, -0.15) is 0 Å². The average Bonchev–Trinajstić information content (AvgIpc) is 3.96. The number of para-hydroxylation sites is 3. The monoisotopic (exact) mass is 840 g/mol.